The summed E-state index contributed by atoms with van der Waals surface area (Å²) in [6.45, 7) is 0.174. The van der Waals surface area contributed by atoms with Gasteiger partial charge < -0.3 is 5.32 Å². The molecule has 7 heteroatoms. The van der Waals surface area contributed by atoms with Crippen LogP contribution in [0.1, 0.15) is 23.2 Å². The van der Waals surface area contributed by atoms with Crippen LogP contribution in [-0.2, 0) is 9.84 Å². The Kier molecular flexibility index (Phi) is 4.01. The molecule has 0 spiro atoms. The van der Waals surface area contributed by atoms with E-state index in [9.17, 15) is 13.2 Å². The lowest BCUT2D eigenvalue weighted by Gasteiger charge is -2.10. The molecule has 0 bridgehead atoms. The minimum atomic E-state index is -3.01. The van der Waals surface area contributed by atoms with Gasteiger partial charge >= 0.3 is 0 Å². The van der Waals surface area contributed by atoms with Crippen molar-refractivity contribution in [3.05, 3.63) is 28.5 Å². The van der Waals surface area contributed by atoms with Gasteiger partial charge in [0.15, 0.2) is 9.84 Å². The Morgan fingerprint density at radius 1 is 1.50 bits per heavy atom. The number of aromatic nitrogens is 1. The van der Waals surface area contributed by atoms with E-state index in [0.29, 0.717) is 22.9 Å². The van der Waals surface area contributed by atoms with Crippen molar-refractivity contribution in [1.29, 1.82) is 0 Å². The molecule has 1 aliphatic rings. The van der Waals surface area contributed by atoms with E-state index in [0.717, 1.165) is 0 Å². The monoisotopic (exact) mass is 332 g/mol. The average Bonchev–Trinajstić information content (AvgIpc) is 2.65. The third-order valence-corrected chi connectivity index (χ3v) is 5.63. The van der Waals surface area contributed by atoms with Crippen LogP contribution in [0.3, 0.4) is 0 Å². The molecule has 98 valence electrons. The number of hydrogen-bond donors (Lipinski definition) is 1. The molecule has 0 radical (unpaired) electrons. The van der Waals surface area contributed by atoms with Gasteiger partial charge in [-0.2, -0.15) is 0 Å². The summed E-state index contributed by atoms with van der Waals surface area (Å²) in [4.78, 5) is 15.7. The lowest BCUT2D eigenvalue weighted by atomic mass is 10.2. The second-order valence-corrected chi connectivity index (χ2v) is 7.55. The lowest BCUT2D eigenvalue weighted by Crippen LogP contribution is -2.34. The predicted octanol–water partition coefficient (Wildman–Crippen LogP) is 1.15. The van der Waals surface area contributed by atoms with Crippen LogP contribution in [0, 0.1) is 0 Å². The zero-order chi connectivity index (χ0) is 13.2. The fourth-order valence-corrected chi connectivity index (χ4v) is 4.06. The molecule has 1 aromatic rings. The number of halogens is 1. The van der Waals surface area contributed by atoms with Gasteiger partial charge in [-0.1, -0.05) is 0 Å². The first-order valence-electron chi connectivity index (χ1n) is 5.59. The molecule has 1 aliphatic heterocycles. The van der Waals surface area contributed by atoms with E-state index in [1.165, 1.54) is 6.20 Å². The van der Waals surface area contributed by atoms with Crippen molar-refractivity contribution in [2.45, 2.75) is 18.1 Å². The van der Waals surface area contributed by atoms with Gasteiger partial charge in [-0.25, -0.2) is 8.42 Å². The maximum absolute atomic E-state index is 11.8. The van der Waals surface area contributed by atoms with E-state index >= 15 is 0 Å². The zero-order valence-electron chi connectivity index (χ0n) is 9.60. The highest BCUT2D eigenvalue weighted by Crippen LogP contribution is 2.19. The molecule has 2 rings (SSSR count). The van der Waals surface area contributed by atoms with Gasteiger partial charge in [0.2, 0.25) is 0 Å². The molecule has 2 heterocycles. The van der Waals surface area contributed by atoms with E-state index in [1.807, 2.05) is 0 Å². The summed E-state index contributed by atoms with van der Waals surface area (Å²) in [6.07, 6.45) is 4.34. The molecule has 1 amide bonds. The van der Waals surface area contributed by atoms with E-state index in [2.05, 4.69) is 26.2 Å². The molecule has 1 atom stereocenters. The fraction of sp³-hybridized carbons (Fsp3) is 0.455. The van der Waals surface area contributed by atoms with Crippen LogP contribution >= 0.6 is 15.9 Å². The molecule has 1 fully saturated rings. The Hall–Kier alpha value is -0.950. The number of carbonyl (C=O) groups is 1. The number of pyridine rings is 1. The number of hydrogen-bond acceptors (Lipinski definition) is 4. The van der Waals surface area contributed by atoms with Crippen molar-refractivity contribution in [1.82, 2.24) is 10.3 Å². The van der Waals surface area contributed by atoms with Crippen LogP contribution in [-0.4, -0.2) is 36.9 Å². The van der Waals surface area contributed by atoms with Crippen LogP contribution in [0.25, 0.3) is 0 Å². The first-order chi connectivity index (χ1) is 8.49. The van der Waals surface area contributed by atoms with Crippen molar-refractivity contribution in [3.63, 3.8) is 0 Å². The highest BCUT2D eigenvalue weighted by Gasteiger charge is 2.31. The summed E-state index contributed by atoms with van der Waals surface area (Å²) in [5.74, 6) is -0.0719. The third kappa shape index (κ3) is 3.08. The van der Waals surface area contributed by atoms with Crippen LogP contribution in [0.5, 0.6) is 0 Å². The molecule has 1 aromatic heterocycles. The SMILES string of the molecule is O=C(NCC1CCCS1(=O)=O)c1cncc(Br)c1. The Balaban J connectivity index is 1.97. The van der Waals surface area contributed by atoms with Gasteiger partial charge in [-0.15, -0.1) is 0 Å². The van der Waals surface area contributed by atoms with Crippen molar-refractivity contribution in [2.24, 2.45) is 0 Å². The second-order valence-electron chi connectivity index (χ2n) is 4.23. The van der Waals surface area contributed by atoms with Gasteiger partial charge in [-0.3, -0.25) is 9.78 Å². The molecule has 0 aliphatic carbocycles. The molecular weight excluding hydrogens is 320 g/mol. The van der Waals surface area contributed by atoms with Gasteiger partial charge in [0.25, 0.3) is 5.91 Å². The van der Waals surface area contributed by atoms with Crippen molar-refractivity contribution in [2.75, 3.05) is 12.3 Å². The fourth-order valence-electron chi connectivity index (χ4n) is 1.93. The number of nitrogens with zero attached hydrogens (tertiary/aromatic N) is 1. The van der Waals surface area contributed by atoms with E-state index in [-0.39, 0.29) is 18.2 Å². The van der Waals surface area contributed by atoms with Crippen LogP contribution in [0.15, 0.2) is 22.9 Å². The standard InChI is InChI=1S/C11H13BrN2O3S/c12-9-4-8(5-13-6-9)11(15)14-7-10-2-1-3-18(10,16)17/h4-6,10H,1-3,7H2,(H,14,15). The van der Waals surface area contributed by atoms with Crippen molar-refractivity contribution >= 4 is 31.7 Å². The maximum Gasteiger partial charge on any atom is 0.252 e. The minimum absolute atomic E-state index is 0.174. The first kappa shape index (κ1) is 13.5. The Labute approximate surface area is 114 Å². The Morgan fingerprint density at radius 2 is 2.28 bits per heavy atom. The molecule has 1 unspecified atom stereocenters. The summed E-state index contributed by atoms with van der Waals surface area (Å²) < 4.78 is 23.9. The van der Waals surface area contributed by atoms with Crippen molar-refractivity contribution < 1.29 is 13.2 Å². The third-order valence-electron chi connectivity index (χ3n) is 2.92. The van der Waals surface area contributed by atoms with Crippen molar-refractivity contribution in [3.8, 4) is 0 Å². The number of amides is 1. The van der Waals surface area contributed by atoms with Gasteiger partial charge in [0.1, 0.15) is 0 Å². The van der Waals surface area contributed by atoms with Crippen LogP contribution in [0.4, 0.5) is 0 Å². The van der Waals surface area contributed by atoms with E-state index in [4.69, 9.17) is 0 Å². The topological polar surface area (TPSA) is 76.1 Å². The van der Waals surface area contributed by atoms with Crippen LogP contribution in [0.2, 0.25) is 0 Å². The smallest absolute Gasteiger partial charge is 0.252 e. The highest BCUT2D eigenvalue weighted by atomic mass is 79.9. The van der Waals surface area contributed by atoms with Gasteiger partial charge in [0.05, 0.1) is 16.6 Å². The number of carbonyl (C=O) groups excluding carboxylic acids is 1. The van der Waals surface area contributed by atoms with Gasteiger partial charge in [-0.05, 0) is 34.8 Å². The molecule has 0 saturated carbocycles. The Morgan fingerprint density at radius 3 is 2.89 bits per heavy atom. The molecule has 1 saturated heterocycles. The number of rotatable bonds is 3. The molecule has 5 nitrogen and oxygen atoms in total. The molecule has 18 heavy (non-hydrogen) atoms. The summed E-state index contributed by atoms with van der Waals surface area (Å²) in [5.41, 5.74) is 0.416. The minimum Gasteiger partial charge on any atom is -0.351 e. The van der Waals surface area contributed by atoms with E-state index in [1.54, 1.807) is 12.3 Å². The quantitative estimate of drug-likeness (QED) is 0.900. The summed E-state index contributed by atoms with van der Waals surface area (Å²) in [5, 5.41) is 2.20. The average molecular weight is 333 g/mol. The molecule has 1 N–H and O–H groups in total. The summed E-state index contributed by atoms with van der Waals surface area (Å²) in [6, 6.07) is 1.64. The zero-order valence-corrected chi connectivity index (χ0v) is 12.0. The molecule has 0 aromatic carbocycles. The Bertz CT molecular complexity index is 559. The maximum atomic E-state index is 11.8. The highest BCUT2D eigenvalue weighted by molar-refractivity contribution is 9.10. The predicted molar refractivity (Wildman–Crippen MR) is 71.1 cm³/mol. The number of sulfone groups is 1. The number of nitrogens with one attached hydrogen (secondary N) is 1. The van der Waals surface area contributed by atoms with Gasteiger partial charge in [0, 0.05) is 23.4 Å². The summed E-state index contributed by atoms with van der Waals surface area (Å²) in [7, 11) is -3.01. The van der Waals surface area contributed by atoms with Crippen LogP contribution < -0.4 is 5.32 Å². The normalized spacial score (nSPS) is 21.7. The largest absolute Gasteiger partial charge is 0.351 e. The summed E-state index contributed by atoms with van der Waals surface area (Å²) >= 11 is 3.23. The first-order valence-corrected chi connectivity index (χ1v) is 8.10. The van der Waals surface area contributed by atoms with E-state index < -0.39 is 15.1 Å². The lowest BCUT2D eigenvalue weighted by molar-refractivity contribution is 0.0953. The molecular formula is C11H13BrN2O3S. The second kappa shape index (κ2) is 5.36.